The Balaban J connectivity index is 1.95. The Labute approximate surface area is 128 Å². The van der Waals surface area contributed by atoms with E-state index in [0.717, 1.165) is 37.6 Å². The summed E-state index contributed by atoms with van der Waals surface area (Å²) >= 11 is 0. The van der Waals surface area contributed by atoms with Gasteiger partial charge in [0.15, 0.2) is 0 Å². The van der Waals surface area contributed by atoms with Gasteiger partial charge in [-0.05, 0) is 69.4 Å². The molecule has 0 fully saturated rings. The van der Waals surface area contributed by atoms with Crippen LogP contribution in [0.15, 0.2) is 48.5 Å². The van der Waals surface area contributed by atoms with Crippen LogP contribution in [-0.2, 0) is 0 Å². The Morgan fingerprint density at radius 3 is 1.27 bits per heavy atom. The fourth-order valence-corrected chi connectivity index (χ4v) is 3.53. The molecule has 4 aromatic rings. The van der Waals surface area contributed by atoms with E-state index in [2.05, 4.69) is 48.5 Å². The maximum absolute atomic E-state index is 5.93. The van der Waals surface area contributed by atoms with Crippen molar-refractivity contribution in [1.82, 2.24) is 0 Å². The van der Waals surface area contributed by atoms with Gasteiger partial charge in [0, 0.05) is 0 Å². The highest BCUT2D eigenvalue weighted by Crippen LogP contribution is 2.38. The molecule has 4 aliphatic heterocycles. The molecule has 0 spiro atoms. The average Bonchev–Trinajstić information content (AvgIpc) is 2.55. The Morgan fingerprint density at radius 2 is 0.909 bits per heavy atom. The minimum Gasteiger partial charge on any atom is -0.494 e. The summed E-state index contributed by atoms with van der Waals surface area (Å²) in [5, 5.41) is 7.64. The lowest BCUT2D eigenvalue weighted by Gasteiger charge is -2.16. The number of rotatable bonds is 0. The second-order valence-electron chi connectivity index (χ2n) is 6.02. The molecule has 0 aromatic heterocycles. The highest BCUT2D eigenvalue weighted by atomic mass is 16.5. The second-order valence-corrected chi connectivity index (χ2v) is 6.02. The zero-order chi connectivity index (χ0) is 14.5. The molecule has 0 radical (unpaired) electrons. The van der Waals surface area contributed by atoms with Crippen molar-refractivity contribution in [2.75, 3.05) is 13.2 Å². The maximum atomic E-state index is 5.93. The van der Waals surface area contributed by atoms with Gasteiger partial charge in [-0.25, -0.2) is 0 Å². The van der Waals surface area contributed by atoms with Gasteiger partial charge >= 0.3 is 0 Å². The normalized spacial score (nSPS) is 15.3. The van der Waals surface area contributed by atoms with Gasteiger partial charge in [-0.2, -0.15) is 0 Å². The molecular formula is C20H16O2. The maximum Gasteiger partial charge on any atom is 0.120 e. The molecule has 0 saturated heterocycles. The zero-order valence-corrected chi connectivity index (χ0v) is 12.3. The molecular weight excluding hydrogens is 272 g/mol. The predicted octanol–water partition coefficient (Wildman–Crippen LogP) is 5.14. The zero-order valence-electron chi connectivity index (χ0n) is 12.3. The summed E-state index contributed by atoms with van der Waals surface area (Å²) < 4.78 is 11.9. The van der Waals surface area contributed by atoms with Crippen LogP contribution in [0.4, 0.5) is 0 Å². The molecule has 0 saturated carbocycles. The molecule has 108 valence electrons. The summed E-state index contributed by atoms with van der Waals surface area (Å²) in [6, 6.07) is 17.4. The van der Waals surface area contributed by atoms with E-state index in [1.165, 1.54) is 32.3 Å². The van der Waals surface area contributed by atoms with Crippen molar-refractivity contribution in [2.45, 2.75) is 12.8 Å². The van der Waals surface area contributed by atoms with E-state index in [-0.39, 0.29) is 0 Å². The van der Waals surface area contributed by atoms with E-state index in [1.54, 1.807) is 0 Å². The van der Waals surface area contributed by atoms with E-state index in [0.29, 0.717) is 0 Å². The largest absolute Gasteiger partial charge is 0.494 e. The number of benzene rings is 4. The van der Waals surface area contributed by atoms with Crippen LogP contribution in [-0.4, -0.2) is 13.2 Å². The first-order valence-electron chi connectivity index (χ1n) is 7.87. The van der Waals surface area contributed by atoms with Gasteiger partial charge in [-0.3, -0.25) is 0 Å². The van der Waals surface area contributed by atoms with Crippen LogP contribution in [0.5, 0.6) is 11.5 Å². The molecule has 4 aliphatic rings. The molecule has 2 heteroatoms. The van der Waals surface area contributed by atoms with Crippen LogP contribution in [0, 0.1) is 0 Å². The first kappa shape index (κ1) is 12.1. The minimum absolute atomic E-state index is 0.739. The summed E-state index contributed by atoms with van der Waals surface area (Å²) in [7, 11) is 0. The molecule has 0 N–H and O–H groups in total. The van der Waals surface area contributed by atoms with Crippen molar-refractivity contribution in [1.29, 1.82) is 0 Å². The third-order valence-corrected chi connectivity index (χ3v) is 4.56. The molecule has 8 bridgehead atoms. The Kier molecular flexibility index (Phi) is 2.48. The quantitative estimate of drug-likeness (QED) is 0.417. The summed E-state index contributed by atoms with van der Waals surface area (Å²) in [5.74, 6) is 1.93. The van der Waals surface area contributed by atoms with Crippen molar-refractivity contribution in [3.8, 4) is 11.5 Å². The van der Waals surface area contributed by atoms with Gasteiger partial charge in [-0.15, -0.1) is 0 Å². The van der Waals surface area contributed by atoms with Crippen molar-refractivity contribution in [2.24, 2.45) is 0 Å². The summed E-state index contributed by atoms with van der Waals surface area (Å²) in [6.07, 6.45) is 2.02. The lowest BCUT2D eigenvalue weighted by Crippen LogP contribution is -2.03. The number of hydrogen-bond donors (Lipinski definition) is 0. The smallest absolute Gasteiger partial charge is 0.120 e. The standard InChI is InChI=1S/C20H16O2/c1-2-8-22-18-11-15-5-3-13-9-17(21-7-1)10-14-4-6-16(12-18)20(15)19(13)14/h3-6,9-12H,1-2,7-8H2. The van der Waals surface area contributed by atoms with Crippen molar-refractivity contribution < 1.29 is 9.47 Å². The molecule has 0 unspecified atom stereocenters. The van der Waals surface area contributed by atoms with Crippen molar-refractivity contribution in [3.05, 3.63) is 48.5 Å². The summed E-state index contributed by atoms with van der Waals surface area (Å²) in [4.78, 5) is 0. The lowest BCUT2D eigenvalue weighted by molar-refractivity contribution is 0.267. The first-order valence-corrected chi connectivity index (χ1v) is 7.87. The molecule has 0 amide bonds. The number of hydrogen-bond acceptors (Lipinski definition) is 2. The van der Waals surface area contributed by atoms with E-state index in [4.69, 9.17) is 9.47 Å². The van der Waals surface area contributed by atoms with Gasteiger partial charge in [0.05, 0.1) is 13.2 Å². The van der Waals surface area contributed by atoms with Crippen LogP contribution >= 0.6 is 0 Å². The fraction of sp³-hybridized carbons (Fsp3) is 0.200. The van der Waals surface area contributed by atoms with Crippen LogP contribution in [0.1, 0.15) is 12.8 Å². The Morgan fingerprint density at radius 1 is 0.545 bits per heavy atom. The minimum atomic E-state index is 0.739. The highest BCUT2D eigenvalue weighted by Gasteiger charge is 2.12. The van der Waals surface area contributed by atoms with Crippen molar-refractivity contribution in [3.63, 3.8) is 0 Å². The van der Waals surface area contributed by atoms with E-state index in [9.17, 15) is 0 Å². The molecule has 22 heavy (non-hydrogen) atoms. The SMILES string of the molecule is c1cc2cc3cc4ccc5cc(cc1c5c24)OCCCCO3. The third-order valence-electron chi connectivity index (χ3n) is 4.56. The van der Waals surface area contributed by atoms with Crippen molar-refractivity contribution >= 4 is 32.3 Å². The Bertz CT molecular complexity index is 839. The Hall–Kier alpha value is -2.48. The van der Waals surface area contributed by atoms with Crippen LogP contribution in [0.2, 0.25) is 0 Å². The molecule has 4 heterocycles. The predicted molar refractivity (Wildman–Crippen MR) is 90.4 cm³/mol. The lowest BCUT2D eigenvalue weighted by atomic mass is 9.94. The van der Waals surface area contributed by atoms with Gasteiger partial charge in [-0.1, -0.05) is 24.3 Å². The molecule has 8 rings (SSSR count). The highest BCUT2D eigenvalue weighted by molar-refractivity contribution is 6.23. The fourth-order valence-electron chi connectivity index (χ4n) is 3.53. The first-order chi connectivity index (χ1) is 10.9. The van der Waals surface area contributed by atoms with Crippen LogP contribution < -0.4 is 9.47 Å². The van der Waals surface area contributed by atoms with Gasteiger partial charge in [0.2, 0.25) is 0 Å². The molecule has 4 aromatic carbocycles. The van der Waals surface area contributed by atoms with Gasteiger partial charge in [0.25, 0.3) is 0 Å². The molecule has 2 nitrogen and oxygen atoms in total. The summed E-state index contributed by atoms with van der Waals surface area (Å²) in [5.41, 5.74) is 0. The number of ether oxygens (including phenoxy) is 2. The van der Waals surface area contributed by atoms with Gasteiger partial charge in [0.1, 0.15) is 11.5 Å². The van der Waals surface area contributed by atoms with E-state index < -0.39 is 0 Å². The monoisotopic (exact) mass is 288 g/mol. The molecule has 0 atom stereocenters. The summed E-state index contributed by atoms with van der Waals surface area (Å²) in [6.45, 7) is 1.48. The molecule has 0 aliphatic carbocycles. The third kappa shape index (κ3) is 1.73. The van der Waals surface area contributed by atoms with Gasteiger partial charge < -0.3 is 9.47 Å². The van der Waals surface area contributed by atoms with Crippen LogP contribution in [0.3, 0.4) is 0 Å². The topological polar surface area (TPSA) is 18.5 Å². The second kappa shape index (κ2) is 4.51. The van der Waals surface area contributed by atoms with E-state index in [1.807, 2.05) is 0 Å². The average molecular weight is 288 g/mol. The van der Waals surface area contributed by atoms with E-state index >= 15 is 0 Å². The van der Waals surface area contributed by atoms with Crippen LogP contribution in [0.25, 0.3) is 32.3 Å². The number of fused-ring (bicyclic) bond motifs is 2.